The maximum atomic E-state index is 10.8. The zero-order valence-electron chi connectivity index (χ0n) is 10.1. The summed E-state index contributed by atoms with van der Waals surface area (Å²) in [5.41, 5.74) is 1.55. The van der Waals surface area contributed by atoms with Crippen LogP contribution in [0.2, 0.25) is 0 Å². The average molecular weight is 248 g/mol. The van der Waals surface area contributed by atoms with E-state index in [-0.39, 0.29) is 12.5 Å². The standard InChI is InChI=1S/C13H16N2O3/c1-8(16)15-7-12(17)13(18)10-3-2-4-11-9(10)5-6-14-11/h2-6,12-14,17-18H,7H2,1H3,(H,15,16). The number of nitrogens with one attached hydrogen (secondary N) is 2. The van der Waals surface area contributed by atoms with Crippen LogP contribution in [0.15, 0.2) is 30.5 Å². The van der Waals surface area contributed by atoms with Crippen LogP contribution in [0.3, 0.4) is 0 Å². The zero-order valence-corrected chi connectivity index (χ0v) is 10.1. The van der Waals surface area contributed by atoms with E-state index in [9.17, 15) is 15.0 Å². The molecular formula is C13H16N2O3. The van der Waals surface area contributed by atoms with E-state index < -0.39 is 12.2 Å². The fourth-order valence-electron chi connectivity index (χ4n) is 1.93. The van der Waals surface area contributed by atoms with Crippen molar-refractivity contribution < 1.29 is 15.0 Å². The van der Waals surface area contributed by atoms with Crippen LogP contribution in [0.5, 0.6) is 0 Å². The van der Waals surface area contributed by atoms with Crippen molar-refractivity contribution in [2.24, 2.45) is 0 Å². The Labute approximate surface area is 104 Å². The van der Waals surface area contributed by atoms with E-state index in [0.717, 1.165) is 10.9 Å². The lowest BCUT2D eigenvalue weighted by atomic mass is 10.0. The van der Waals surface area contributed by atoms with Gasteiger partial charge in [0.2, 0.25) is 5.91 Å². The van der Waals surface area contributed by atoms with E-state index in [4.69, 9.17) is 0 Å². The smallest absolute Gasteiger partial charge is 0.216 e. The van der Waals surface area contributed by atoms with E-state index in [1.54, 1.807) is 12.3 Å². The van der Waals surface area contributed by atoms with Gasteiger partial charge in [-0.1, -0.05) is 12.1 Å². The van der Waals surface area contributed by atoms with Gasteiger partial charge in [-0.25, -0.2) is 0 Å². The van der Waals surface area contributed by atoms with Crippen molar-refractivity contribution in [3.8, 4) is 0 Å². The monoisotopic (exact) mass is 248 g/mol. The van der Waals surface area contributed by atoms with Gasteiger partial charge in [0.1, 0.15) is 12.2 Å². The summed E-state index contributed by atoms with van der Waals surface area (Å²) in [6, 6.07) is 7.31. The molecule has 5 heteroatoms. The third-order valence-electron chi connectivity index (χ3n) is 2.87. The van der Waals surface area contributed by atoms with Gasteiger partial charge >= 0.3 is 0 Å². The Hall–Kier alpha value is -1.85. The predicted molar refractivity (Wildman–Crippen MR) is 67.9 cm³/mol. The summed E-state index contributed by atoms with van der Waals surface area (Å²) in [4.78, 5) is 13.8. The molecule has 0 radical (unpaired) electrons. The predicted octanol–water partition coefficient (Wildman–Crippen LogP) is 0.698. The van der Waals surface area contributed by atoms with Crippen LogP contribution in [-0.4, -0.2) is 33.8 Å². The number of aromatic amines is 1. The summed E-state index contributed by atoms with van der Waals surface area (Å²) < 4.78 is 0. The number of rotatable bonds is 4. The molecule has 0 aliphatic carbocycles. The minimum Gasteiger partial charge on any atom is -0.388 e. The first-order valence-electron chi connectivity index (χ1n) is 5.76. The molecule has 2 atom stereocenters. The Morgan fingerprint density at radius 1 is 1.39 bits per heavy atom. The number of carbonyl (C=O) groups excluding carboxylic acids is 1. The van der Waals surface area contributed by atoms with E-state index >= 15 is 0 Å². The average Bonchev–Trinajstić information content (AvgIpc) is 2.82. The molecule has 2 rings (SSSR count). The summed E-state index contributed by atoms with van der Waals surface area (Å²) in [6.07, 6.45) is -0.285. The van der Waals surface area contributed by atoms with Crippen LogP contribution >= 0.6 is 0 Å². The largest absolute Gasteiger partial charge is 0.388 e. The number of aromatic nitrogens is 1. The maximum absolute atomic E-state index is 10.8. The molecule has 5 nitrogen and oxygen atoms in total. The van der Waals surface area contributed by atoms with Gasteiger partial charge in [0, 0.05) is 30.6 Å². The SMILES string of the molecule is CC(=O)NCC(O)C(O)c1cccc2[nH]ccc12. The highest BCUT2D eigenvalue weighted by molar-refractivity contribution is 5.83. The number of hydrogen-bond acceptors (Lipinski definition) is 3. The minimum absolute atomic E-state index is 0.0251. The summed E-state index contributed by atoms with van der Waals surface area (Å²) in [7, 11) is 0. The van der Waals surface area contributed by atoms with Crippen LogP contribution in [0.25, 0.3) is 10.9 Å². The third-order valence-corrected chi connectivity index (χ3v) is 2.87. The van der Waals surface area contributed by atoms with Gasteiger partial charge in [-0.2, -0.15) is 0 Å². The Morgan fingerprint density at radius 3 is 2.89 bits per heavy atom. The Bertz CT molecular complexity index is 550. The van der Waals surface area contributed by atoms with Crippen LogP contribution in [0.4, 0.5) is 0 Å². The molecule has 1 aromatic carbocycles. The molecule has 0 spiro atoms. The summed E-state index contributed by atoms with van der Waals surface area (Å²) >= 11 is 0. The van der Waals surface area contributed by atoms with Crippen LogP contribution < -0.4 is 5.32 Å². The van der Waals surface area contributed by atoms with Gasteiger partial charge in [-0.05, 0) is 17.7 Å². The molecule has 1 aromatic heterocycles. The zero-order chi connectivity index (χ0) is 13.1. The maximum Gasteiger partial charge on any atom is 0.216 e. The van der Waals surface area contributed by atoms with E-state index in [1.807, 2.05) is 18.2 Å². The molecular weight excluding hydrogens is 232 g/mol. The van der Waals surface area contributed by atoms with Crippen molar-refractivity contribution in [1.82, 2.24) is 10.3 Å². The molecule has 0 aliphatic heterocycles. The van der Waals surface area contributed by atoms with Gasteiger partial charge in [-0.15, -0.1) is 0 Å². The second-order valence-corrected chi connectivity index (χ2v) is 4.24. The molecule has 2 aromatic rings. The second-order valence-electron chi connectivity index (χ2n) is 4.24. The highest BCUT2D eigenvalue weighted by Crippen LogP contribution is 2.25. The molecule has 0 fully saturated rings. The van der Waals surface area contributed by atoms with Gasteiger partial charge in [0.15, 0.2) is 0 Å². The fraction of sp³-hybridized carbons (Fsp3) is 0.308. The van der Waals surface area contributed by atoms with Crippen molar-refractivity contribution in [3.63, 3.8) is 0 Å². The van der Waals surface area contributed by atoms with Gasteiger partial charge in [0.05, 0.1) is 0 Å². The Balaban J connectivity index is 2.19. The molecule has 0 saturated heterocycles. The Kier molecular flexibility index (Phi) is 3.64. The number of hydrogen-bond donors (Lipinski definition) is 4. The van der Waals surface area contributed by atoms with Gasteiger partial charge in [-0.3, -0.25) is 4.79 Å². The van der Waals surface area contributed by atoms with Crippen molar-refractivity contribution in [2.45, 2.75) is 19.1 Å². The lowest BCUT2D eigenvalue weighted by Crippen LogP contribution is -2.34. The van der Waals surface area contributed by atoms with Crippen molar-refractivity contribution in [2.75, 3.05) is 6.54 Å². The number of fused-ring (bicyclic) bond motifs is 1. The lowest BCUT2D eigenvalue weighted by molar-refractivity contribution is -0.119. The molecule has 2 unspecified atom stereocenters. The highest BCUT2D eigenvalue weighted by atomic mass is 16.3. The number of H-pyrrole nitrogens is 1. The van der Waals surface area contributed by atoms with Gasteiger partial charge in [0.25, 0.3) is 0 Å². The summed E-state index contributed by atoms with van der Waals surface area (Å²) in [5.74, 6) is -0.235. The number of aliphatic hydroxyl groups excluding tert-OH is 2. The normalized spacial score (nSPS) is 14.4. The minimum atomic E-state index is -1.03. The molecule has 96 valence electrons. The first kappa shape index (κ1) is 12.6. The fourth-order valence-corrected chi connectivity index (χ4v) is 1.93. The van der Waals surface area contributed by atoms with Crippen molar-refractivity contribution >= 4 is 16.8 Å². The third kappa shape index (κ3) is 2.52. The molecule has 1 amide bonds. The number of amides is 1. The molecule has 4 N–H and O–H groups in total. The summed E-state index contributed by atoms with van der Waals surface area (Å²) in [5, 5.41) is 23.3. The first-order valence-corrected chi connectivity index (χ1v) is 5.76. The number of aliphatic hydroxyl groups is 2. The molecule has 0 saturated carbocycles. The molecule has 0 aliphatic rings. The summed E-state index contributed by atoms with van der Waals surface area (Å²) in [6.45, 7) is 1.39. The van der Waals surface area contributed by atoms with Crippen molar-refractivity contribution in [3.05, 3.63) is 36.0 Å². The Morgan fingerprint density at radius 2 is 2.17 bits per heavy atom. The molecule has 0 bridgehead atoms. The lowest BCUT2D eigenvalue weighted by Gasteiger charge is -2.19. The number of carbonyl (C=O) groups is 1. The quantitative estimate of drug-likeness (QED) is 0.642. The highest BCUT2D eigenvalue weighted by Gasteiger charge is 2.20. The van der Waals surface area contributed by atoms with E-state index in [2.05, 4.69) is 10.3 Å². The second kappa shape index (κ2) is 5.20. The van der Waals surface area contributed by atoms with Gasteiger partial charge < -0.3 is 20.5 Å². The molecule has 1 heterocycles. The first-order chi connectivity index (χ1) is 8.59. The van der Waals surface area contributed by atoms with E-state index in [1.165, 1.54) is 6.92 Å². The van der Waals surface area contributed by atoms with Crippen LogP contribution in [-0.2, 0) is 4.79 Å². The van der Waals surface area contributed by atoms with Crippen LogP contribution in [0.1, 0.15) is 18.6 Å². The van der Waals surface area contributed by atoms with Crippen molar-refractivity contribution in [1.29, 1.82) is 0 Å². The molecule has 18 heavy (non-hydrogen) atoms. The van der Waals surface area contributed by atoms with E-state index in [0.29, 0.717) is 5.56 Å². The topological polar surface area (TPSA) is 85.3 Å². The van der Waals surface area contributed by atoms with Crippen LogP contribution in [0, 0.1) is 0 Å². The number of benzene rings is 1.